The van der Waals surface area contributed by atoms with Crippen molar-refractivity contribution in [3.8, 4) is 6.07 Å². The summed E-state index contributed by atoms with van der Waals surface area (Å²) >= 11 is 0. The zero-order valence-electron chi connectivity index (χ0n) is 12.0. The molecule has 0 saturated heterocycles. The van der Waals surface area contributed by atoms with Crippen molar-refractivity contribution in [2.45, 2.75) is 48.4 Å². The normalized spacial score (nSPS) is 35.4. The third-order valence-corrected chi connectivity index (χ3v) is 6.91. The van der Waals surface area contributed by atoms with Crippen LogP contribution in [-0.4, -0.2) is 30.6 Å². The highest BCUT2D eigenvalue weighted by Crippen LogP contribution is 2.53. The molecule has 1 N–H and O–H groups in total. The second-order valence-corrected chi connectivity index (χ2v) is 8.54. The fraction of sp³-hybridized carbons (Fsp3) is 0.562. The van der Waals surface area contributed by atoms with Crippen molar-refractivity contribution in [1.82, 2.24) is 0 Å². The number of hydrogen-bond acceptors (Lipinski definition) is 4. The van der Waals surface area contributed by atoms with E-state index in [-0.39, 0.29) is 0 Å². The summed E-state index contributed by atoms with van der Waals surface area (Å²) in [7, 11) is -3.40. The second-order valence-electron chi connectivity index (χ2n) is 6.31. The van der Waals surface area contributed by atoms with E-state index in [2.05, 4.69) is 6.07 Å². The number of hydrogen-bond donors (Lipinski definition) is 1. The molecule has 4 nitrogen and oxygen atoms in total. The first-order valence-corrected chi connectivity index (χ1v) is 9.21. The number of nitrogens with zero attached hydrogens (tertiary/aromatic N) is 1. The van der Waals surface area contributed by atoms with Crippen LogP contribution in [0.15, 0.2) is 24.3 Å². The minimum Gasteiger partial charge on any atom is -0.387 e. The van der Waals surface area contributed by atoms with Crippen molar-refractivity contribution in [2.75, 3.05) is 6.26 Å². The Morgan fingerprint density at radius 1 is 1.33 bits per heavy atom. The minimum absolute atomic E-state index is 0.368. The van der Waals surface area contributed by atoms with Crippen LogP contribution in [0.3, 0.4) is 0 Å². The molecule has 0 heterocycles. The van der Waals surface area contributed by atoms with E-state index in [1.54, 1.807) is 0 Å². The molecule has 0 amide bonds. The van der Waals surface area contributed by atoms with Crippen LogP contribution < -0.4 is 0 Å². The highest BCUT2D eigenvalue weighted by molar-refractivity contribution is 7.91. The minimum atomic E-state index is -3.40. The van der Waals surface area contributed by atoms with Crippen LogP contribution >= 0.6 is 0 Å². The molecule has 112 valence electrons. The first-order valence-electron chi connectivity index (χ1n) is 7.26. The number of sulfone groups is 1. The summed E-state index contributed by atoms with van der Waals surface area (Å²) in [5.41, 5.74) is -0.729. The summed E-state index contributed by atoms with van der Waals surface area (Å²) in [5, 5.41) is 20.3. The Kier molecular flexibility index (Phi) is 3.16. The van der Waals surface area contributed by atoms with Gasteiger partial charge in [0.2, 0.25) is 0 Å². The van der Waals surface area contributed by atoms with Gasteiger partial charge in [0.05, 0.1) is 11.3 Å². The van der Waals surface area contributed by atoms with Crippen LogP contribution in [0.2, 0.25) is 0 Å². The molecule has 0 spiro atoms. The highest BCUT2D eigenvalue weighted by Gasteiger charge is 2.62. The molecule has 1 aromatic rings. The summed E-state index contributed by atoms with van der Waals surface area (Å²) < 4.78 is 24.2. The topological polar surface area (TPSA) is 78.2 Å². The summed E-state index contributed by atoms with van der Waals surface area (Å²) in [6.07, 6.45) is 3.81. The lowest BCUT2D eigenvalue weighted by molar-refractivity contribution is -0.00727. The lowest BCUT2D eigenvalue weighted by Crippen LogP contribution is -2.56. The van der Waals surface area contributed by atoms with E-state index in [1.807, 2.05) is 24.3 Å². The van der Waals surface area contributed by atoms with Gasteiger partial charge in [-0.25, -0.2) is 8.42 Å². The molecule has 0 aromatic heterocycles. The van der Waals surface area contributed by atoms with E-state index in [0.29, 0.717) is 32.1 Å². The number of aryl methyl sites for hydroxylation is 1. The maximum atomic E-state index is 12.1. The molecule has 5 heteroatoms. The maximum absolute atomic E-state index is 12.1. The van der Waals surface area contributed by atoms with E-state index in [0.717, 1.165) is 11.1 Å². The average molecular weight is 305 g/mol. The lowest BCUT2D eigenvalue weighted by Gasteiger charge is -2.41. The zero-order chi connectivity index (χ0) is 15.3. The summed E-state index contributed by atoms with van der Waals surface area (Å²) in [6, 6.07) is 9.89. The molecular formula is C16H19NO3S. The molecule has 1 aromatic carbocycles. The molecule has 3 rings (SSSR count). The molecule has 21 heavy (non-hydrogen) atoms. The van der Waals surface area contributed by atoms with Gasteiger partial charge in [-0.15, -0.1) is 0 Å². The number of nitriles is 1. The van der Waals surface area contributed by atoms with Crippen LogP contribution in [0.4, 0.5) is 0 Å². The van der Waals surface area contributed by atoms with Gasteiger partial charge in [0.25, 0.3) is 0 Å². The standard InChI is InChI=1S/C16H19NO3S/c1-21(19,20)14-7-4-9-16(14,18)15(11-17)10-8-12-5-2-3-6-13(12)15/h2-3,5-6,14,18H,4,7-10H2,1H3. The Labute approximate surface area is 125 Å². The number of fused-ring (bicyclic) bond motifs is 1. The van der Waals surface area contributed by atoms with Crippen molar-refractivity contribution in [3.63, 3.8) is 0 Å². The van der Waals surface area contributed by atoms with E-state index in [9.17, 15) is 18.8 Å². The Morgan fingerprint density at radius 3 is 2.71 bits per heavy atom. The maximum Gasteiger partial charge on any atom is 0.153 e. The molecule has 2 aliphatic rings. The van der Waals surface area contributed by atoms with Crippen LogP contribution in [0.25, 0.3) is 0 Å². The zero-order valence-corrected chi connectivity index (χ0v) is 12.9. The summed E-state index contributed by atoms with van der Waals surface area (Å²) in [4.78, 5) is 0. The van der Waals surface area contributed by atoms with Crippen LogP contribution in [0.1, 0.15) is 36.8 Å². The Balaban J connectivity index is 2.20. The van der Waals surface area contributed by atoms with Crippen molar-refractivity contribution in [3.05, 3.63) is 35.4 Å². The molecule has 0 radical (unpaired) electrons. The molecule has 0 aliphatic heterocycles. The van der Waals surface area contributed by atoms with E-state index in [1.165, 1.54) is 6.26 Å². The monoisotopic (exact) mass is 305 g/mol. The fourth-order valence-corrected chi connectivity index (χ4v) is 5.91. The molecule has 2 aliphatic carbocycles. The van der Waals surface area contributed by atoms with Gasteiger partial charge in [-0.05, 0) is 43.2 Å². The van der Waals surface area contributed by atoms with Crippen LogP contribution in [0, 0.1) is 11.3 Å². The van der Waals surface area contributed by atoms with Gasteiger partial charge >= 0.3 is 0 Å². The van der Waals surface area contributed by atoms with Gasteiger partial charge in [-0.3, -0.25) is 0 Å². The molecular weight excluding hydrogens is 286 g/mol. The van der Waals surface area contributed by atoms with Crippen molar-refractivity contribution >= 4 is 9.84 Å². The van der Waals surface area contributed by atoms with Gasteiger partial charge in [-0.1, -0.05) is 24.3 Å². The van der Waals surface area contributed by atoms with Gasteiger partial charge < -0.3 is 5.11 Å². The molecule has 1 saturated carbocycles. The third kappa shape index (κ3) is 1.86. The predicted octanol–water partition coefficient (Wildman–Crippen LogP) is 1.72. The lowest BCUT2D eigenvalue weighted by atomic mass is 9.67. The van der Waals surface area contributed by atoms with Gasteiger partial charge in [-0.2, -0.15) is 5.26 Å². The Hall–Kier alpha value is -1.38. The van der Waals surface area contributed by atoms with Crippen molar-refractivity contribution < 1.29 is 13.5 Å². The first kappa shape index (κ1) is 14.6. The van der Waals surface area contributed by atoms with Crippen LogP contribution in [-0.2, 0) is 21.7 Å². The van der Waals surface area contributed by atoms with E-state index >= 15 is 0 Å². The largest absolute Gasteiger partial charge is 0.387 e. The van der Waals surface area contributed by atoms with Gasteiger partial charge in [0, 0.05) is 6.26 Å². The highest BCUT2D eigenvalue weighted by atomic mass is 32.2. The average Bonchev–Trinajstić information content (AvgIpc) is 3.01. The SMILES string of the molecule is CS(=O)(=O)C1CCCC1(O)C1(C#N)CCc2ccccc21. The molecule has 3 atom stereocenters. The molecule has 1 fully saturated rings. The second kappa shape index (κ2) is 4.56. The smallest absolute Gasteiger partial charge is 0.153 e. The quantitative estimate of drug-likeness (QED) is 0.902. The van der Waals surface area contributed by atoms with Crippen molar-refractivity contribution in [1.29, 1.82) is 5.26 Å². The predicted molar refractivity (Wildman–Crippen MR) is 79.5 cm³/mol. The Bertz CT molecular complexity index is 721. The summed E-state index contributed by atoms with van der Waals surface area (Å²) in [6.45, 7) is 0. The number of aliphatic hydroxyl groups is 1. The molecule has 3 unspecified atom stereocenters. The van der Waals surface area contributed by atoms with Crippen molar-refractivity contribution in [2.24, 2.45) is 0 Å². The Morgan fingerprint density at radius 2 is 2.05 bits per heavy atom. The summed E-state index contributed by atoms with van der Waals surface area (Å²) in [5.74, 6) is 0. The first-order chi connectivity index (χ1) is 9.85. The molecule has 0 bridgehead atoms. The van der Waals surface area contributed by atoms with Gasteiger partial charge in [0.15, 0.2) is 9.84 Å². The van der Waals surface area contributed by atoms with Crippen LogP contribution in [0.5, 0.6) is 0 Å². The van der Waals surface area contributed by atoms with E-state index < -0.39 is 26.1 Å². The third-order valence-electron chi connectivity index (χ3n) is 5.25. The fourth-order valence-electron chi connectivity index (χ4n) is 4.29. The number of benzene rings is 1. The van der Waals surface area contributed by atoms with Gasteiger partial charge in [0.1, 0.15) is 11.0 Å². The van der Waals surface area contributed by atoms with E-state index in [4.69, 9.17) is 0 Å². The number of rotatable bonds is 2.